The topological polar surface area (TPSA) is 62.2 Å². The van der Waals surface area contributed by atoms with E-state index in [1.54, 1.807) is 11.7 Å². The molecule has 0 spiro atoms. The van der Waals surface area contributed by atoms with Crippen molar-refractivity contribution in [2.75, 3.05) is 24.3 Å². The van der Waals surface area contributed by atoms with E-state index in [0.717, 1.165) is 12.1 Å². The summed E-state index contributed by atoms with van der Waals surface area (Å²) in [7, 11) is 5.84. The van der Waals surface area contributed by atoms with Crippen LogP contribution in [0.5, 0.6) is 0 Å². The van der Waals surface area contributed by atoms with Gasteiger partial charge < -0.3 is 10.2 Å². The Bertz CT molecular complexity index is 660. The van der Waals surface area contributed by atoms with Crippen molar-refractivity contribution in [2.45, 2.75) is 26.3 Å². The van der Waals surface area contributed by atoms with Crippen molar-refractivity contribution in [1.29, 1.82) is 0 Å². The number of benzene rings is 1. The van der Waals surface area contributed by atoms with Gasteiger partial charge in [0.05, 0.1) is 5.69 Å². The zero-order valence-corrected chi connectivity index (χ0v) is 14.4. The van der Waals surface area contributed by atoms with Gasteiger partial charge in [-0.1, -0.05) is 12.1 Å². The third-order valence-electron chi connectivity index (χ3n) is 3.62. The molecule has 0 unspecified atom stereocenters. The maximum atomic E-state index is 12.0. The summed E-state index contributed by atoms with van der Waals surface area (Å²) in [6.45, 7) is 3.89. The number of carbonyl (C=O) groups is 1. The van der Waals surface area contributed by atoms with Crippen LogP contribution in [0.4, 0.5) is 16.3 Å². The van der Waals surface area contributed by atoms with Crippen LogP contribution in [-0.4, -0.2) is 35.9 Å². The predicted octanol–water partition coefficient (Wildman–Crippen LogP) is 2.55. The van der Waals surface area contributed by atoms with Crippen molar-refractivity contribution in [3.63, 3.8) is 0 Å². The molecule has 1 heterocycles. The number of urea groups is 1. The highest BCUT2D eigenvalue weighted by molar-refractivity contribution is 5.88. The first-order valence-electron chi connectivity index (χ1n) is 7.69. The van der Waals surface area contributed by atoms with Crippen molar-refractivity contribution < 1.29 is 4.79 Å². The molecule has 0 aliphatic carbocycles. The van der Waals surface area contributed by atoms with Crippen LogP contribution in [0.1, 0.15) is 18.2 Å². The molecule has 6 nitrogen and oxygen atoms in total. The lowest BCUT2D eigenvalue weighted by Crippen LogP contribution is -2.37. The largest absolute Gasteiger partial charge is 0.378 e. The zero-order chi connectivity index (χ0) is 17.0. The monoisotopic (exact) mass is 315 g/mol. The molecule has 0 radical (unpaired) electrons. The van der Waals surface area contributed by atoms with E-state index < -0.39 is 0 Å². The van der Waals surface area contributed by atoms with Gasteiger partial charge in [-0.05, 0) is 38.0 Å². The van der Waals surface area contributed by atoms with Crippen LogP contribution in [0.15, 0.2) is 30.3 Å². The number of aryl methyl sites for hydroxylation is 2. The smallest absolute Gasteiger partial charge is 0.320 e. The van der Waals surface area contributed by atoms with Gasteiger partial charge in [0.25, 0.3) is 0 Å². The summed E-state index contributed by atoms with van der Waals surface area (Å²) in [6.07, 6.45) is 0.783. The van der Waals surface area contributed by atoms with Crippen molar-refractivity contribution in [2.24, 2.45) is 7.05 Å². The van der Waals surface area contributed by atoms with Crippen molar-refractivity contribution in [1.82, 2.24) is 15.1 Å². The van der Waals surface area contributed by atoms with E-state index in [-0.39, 0.29) is 12.1 Å². The van der Waals surface area contributed by atoms with Gasteiger partial charge in [0.2, 0.25) is 0 Å². The maximum absolute atomic E-state index is 12.0. The van der Waals surface area contributed by atoms with Crippen LogP contribution < -0.4 is 15.5 Å². The van der Waals surface area contributed by atoms with Gasteiger partial charge >= 0.3 is 6.03 Å². The molecule has 0 fully saturated rings. The fraction of sp³-hybridized carbons (Fsp3) is 0.412. The minimum Gasteiger partial charge on any atom is -0.378 e. The summed E-state index contributed by atoms with van der Waals surface area (Å²) in [5.41, 5.74) is 3.23. The molecule has 6 heteroatoms. The Kier molecular flexibility index (Phi) is 5.26. The fourth-order valence-electron chi connectivity index (χ4n) is 2.44. The highest BCUT2D eigenvalue weighted by Gasteiger charge is 2.10. The second-order valence-electron chi connectivity index (χ2n) is 6.06. The first-order valence-corrected chi connectivity index (χ1v) is 7.69. The predicted molar refractivity (Wildman–Crippen MR) is 94.0 cm³/mol. The van der Waals surface area contributed by atoms with Crippen LogP contribution in [0.2, 0.25) is 0 Å². The molecule has 1 atom stereocenters. The summed E-state index contributed by atoms with van der Waals surface area (Å²) in [4.78, 5) is 14.1. The van der Waals surface area contributed by atoms with Crippen molar-refractivity contribution in [3.05, 3.63) is 41.6 Å². The Hall–Kier alpha value is -2.50. The van der Waals surface area contributed by atoms with Gasteiger partial charge in [0.1, 0.15) is 5.82 Å². The molecule has 0 saturated carbocycles. The van der Waals surface area contributed by atoms with E-state index in [9.17, 15) is 4.79 Å². The quantitative estimate of drug-likeness (QED) is 0.891. The van der Waals surface area contributed by atoms with Crippen LogP contribution in [0.3, 0.4) is 0 Å². The number of amides is 2. The van der Waals surface area contributed by atoms with Crippen LogP contribution in [0.25, 0.3) is 0 Å². The average molecular weight is 315 g/mol. The average Bonchev–Trinajstić information content (AvgIpc) is 2.76. The summed E-state index contributed by atoms with van der Waals surface area (Å²) in [5.74, 6) is 0.683. The summed E-state index contributed by atoms with van der Waals surface area (Å²) >= 11 is 0. The van der Waals surface area contributed by atoms with Gasteiger partial charge in [-0.3, -0.25) is 10.00 Å². The van der Waals surface area contributed by atoms with Gasteiger partial charge in [0, 0.05) is 38.9 Å². The SMILES string of the molecule is Cc1cc(NC(=O)N[C@@H](C)Cc2ccc(N(C)C)cc2)n(C)n1. The number of hydrogen-bond acceptors (Lipinski definition) is 3. The van der Waals surface area contributed by atoms with E-state index in [0.29, 0.717) is 5.82 Å². The third-order valence-corrected chi connectivity index (χ3v) is 3.62. The molecule has 0 saturated heterocycles. The highest BCUT2D eigenvalue weighted by Crippen LogP contribution is 2.13. The number of aromatic nitrogens is 2. The number of anilines is 2. The number of nitrogens with one attached hydrogen (secondary N) is 2. The van der Waals surface area contributed by atoms with Gasteiger partial charge in [-0.25, -0.2) is 4.79 Å². The third kappa shape index (κ3) is 4.74. The molecule has 2 rings (SSSR count). The van der Waals surface area contributed by atoms with Gasteiger partial charge in [-0.2, -0.15) is 5.10 Å². The Morgan fingerprint density at radius 3 is 2.48 bits per heavy atom. The van der Waals surface area contributed by atoms with Gasteiger partial charge in [0.15, 0.2) is 0 Å². The van der Waals surface area contributed by atoms with E-state index in [2.05, 4.69) is 44.9 Å². The number of hydrogen-bond donors (Lipinski definition) is 2. The minimum absolute atomic E-state index is 0.0366. The molecule has 0 bridgehead atoms. The maximum Gasteiger partial charge on any atom is 0.320 e. The zero-order valence-electron chi connectivity index (χ0n) is 14.4. The lowest BCUT2D eigenvalue weighted by Gasteiger charge is -2.16. The Balaban J connectivity index is 1.87. The Morgan fingerprint density at radius 2 is 1.96 bits per heavy atom. The van der Waals surface area contributed by atoms with Crippen LogP contribution in [-0.2, 0) is 13.5 Å². The molecule has 1 aromatic carbocycles. The molecule has 2 amide bonds. The highest BCUT2D eigenvalue weighted by atomic mass is 16.2. The molecule has 124 valence electrons. The fourth-order valence-corrected chi connectivity index (χ4v) is 2.44. The molecule has 2 aromatic rings. The second-order valence-corrected chi connectivity index (χ2v) is 6.06. The summed E-state index contributed by atoms with van der Waals surface area (Å²) in [5, 5.41) is 9.97. The standard InChI is InChI=1S/C17H25N5O/c1-12(10-14-6-8-15(9-7-14)21(3)4)18-17(23)19-16-11-13(2)20-22(16)5/h6-9,11-12H,10H2,1-5H3,(H2,18,19,23)/t12-/m0/s1. The molecule has 0 aliphatic heterocycles. The Morgan fingerprint density at radius 1 is 1.30 bits per heavy atom. The minimum atomic E-state index is -0.217. The number of carbonyl (C=O) groups excluding carboxylic acids is 1. The van der Waals surface area contributed by atoms with Crippen LogP contribution >= 0.6 is 0 Å². The van der Waals surface area contributed by atoms with Crippen LogP contribution in [0, 0.1) is 6.92 Å². The van der Waals surface area contributed by atoms with E-state index in [1.807, 2.05) is 34.0 Å². The lowest BCUT2D eigenvalue weighted by molar-refractivity contribution is 0.249. The number of rotatable bonds is 5. The van der Waals surface area contributed by atoms with E-state index >= 15 is 0 Å². The lowest BCUT2D eigenvalue weighted by atomic mass is 10.1. The normalized spacial score (nSPS) is 11.9. The molecular weight excluding hydrogens is 290 g/mol. The Labute approximate surface area is 137 Å². The molecule has 1 aromatic heterocycles. The van der Waals surface area contributed by atoms with E-state index in [4.69, 9.17) is 0 Å². The first-order chi connectivity index (χ1) is 10.8. The summed E-state index contributed by atoms with van der Waals surface area (Å²) < 4.78 is 1.65. The van der Waals surface area contributed by atoms with Gasteiger partial charge in [-0.15, -0.1) is 0 Å². The molecule has 2 N–H and O–H groups in total. The molecular formula is C17H25N5O. The van der Waals surface area contributed by atoms with E-state index in [1.165, 1.54) is 11.3 Å². The summed E-state index contributed by atoms with van der Waals surface area (Å²) in [6, 6.07) is 10.0. The number of nitrogens with zero attached hydrogens (tertiary/aromatic N) is 3. The second kappa shape index (κ2) is 7.17. The molecule has 0 aliphatic rings. The molecule has 23 heavy (non-hydrogen) atoms. The van der Waals surface area contributed by atoms with Crippen molar-refractivity contribution >= 4 is 17.5 Å². The first kappa shape index (κ1) is 16.9. The van der Waals surface area contributed by atoms with Crippen molar-refractivity contribution in [3.8, 4) is 0 Å².